The van der Waals surface area contributed by atoms with E-state index in [1.807, 2.05) is 35.2 Å². The Labute approximate surface area is 178 Å². The predicted molar refractivity (Wildman–Crippen MR) is 121 cm³/mol. The molecule has 1 aliphatic rings. The van der Waals surface area contributed by atoms with Crippen LogP contribution in [0.2, 0.25) is 0 Å². The highest BCUT2D eigenvalue weighted by Gasteiger charge is 2.21. The quantitative estimate of drug-likeness (QED) is 0.556. The largest absolute Gasteiger partial charge is 0.383 e. The topological polar surface area (TPSA) is 99.0 Å². The molecule has 31 heavy (non-hydrogen) atoms. The summed E-state index contributed by atoms with van der Waals surface area (Å²) in [4.78, 5) is 30.8. The van der Waals surface area contributed by atoms with E-state index < -0.39 is 0 Å². The molecule has 0 saturated carbocycles. The maximum atomic E-state index is 12.5. The fourth-order valence-corrected chi connectivity index (χ4v) is 4.20. The van der Waals surface area contributed by atoms with E-state index in [1.54, 1.807) is 41.9 Å². The van der Waals surface area contributed by atoms with E-state index in [2.05, 4.69) is 10.1 Å². The van der Waals surface area contributed by atoms with Crippen molar-refractivity contribution in [1.29, 1.82) is 0 Å². The molecule has 156 valence electrons. The van der Waals surface area contributed by atoms with Crippen LogP contribution in [0, 0.1) is 0 Å². The highest BCUT2D eigenvalue weighted by Crippen LogP contribution is 2.33. The summed E-state index contributed by atoms with van der Waals surface area (Å²) in [6.45, 7) is 0.755. The lowest BCUT2D eigenvalue weighted by Crippen LogP contribution is -2.23. The summed E-state index contributed by atoms with van der Waals surface area (Å²) < 4.78 is 3.14. The molecule has 5 rings (SSSR count). The highest BCUT2D eigenvalue weighted by molar-refractivity contribution is 5.96. The van der Waals surface area contributed by atoms with Crippen molar-refractivity contribution in [2.24, 2.45) is 14.1 Å². The standard InChI is InChI=1S/C23H22N6O2/c1-27-13-19(18-12-26-28(2)21(18)23(27)31)15-10-17(22(24)25-11-15)14-5-7-16(8-6-14)29-9-3-4-20(29)30/h5-8,10-13H,3-4,9H2,1-2H3,(H2,24,25). The SMILES string of the molecule is Cn1cc(-c2cnc(N)c(-c3ccc(N4CCCC4=O)cc3)c2)c2cnn(C)c2c1=O. The summed E-state index contributed by atoms with van der Waals surface area (Å²) in [5.74, 6) is 0.576. The van der Waals surface area contributed by atoms with Gasteiger partial charge in [-0.25, -0.2) is 4.98 Å². The third-order valence-electron chi connectivity index (χ3n) is 5.87. The molecule has 1 aromatic carbocycles. The van der Waals surface area contributed by atoms with Crippen molar-refractivity contribution in [3.05, 3.63) is 59.3 Å². The fourth-order valence-electron chi connectivity index (χ4n) is 4.20. The number of fused-ring (bicyclic) bond motifs is 1. The number of nitrogens with zero attached hydrogens (tertiary/aromatic N) is 5. The molecule has 1 fully saturated rings. The second kappa shape index (κ2) is 7.09. The van der Waals surface area contributed by atoms with Crippen molar-refractivity contribution < 1.29 is 4.79 Å². The molecule has 0 aliphatic carbocycles. The molecule has 0 radical (unpaired) electrons. The lowest BCUT2D eigenvalue weighted by atomic mass is 10.00. The average Bonchev–Trinajstić information content (AvgIpc) is 3.37. The Kier molecular flexibility index (Phi) is 4.35. The maximum absolute atomic E-state index is 12.5. The average molecular weight is 414 g/mol. The smallest absolute Gasteiger partial charge is 0.276 e. The minimum atomic E-state index is -0.102. The zero-order chi connectivity index (χ0) is 21.7. The molecule has 3 aromatic heterocycles. The Morgan fingerprint density at radius 2 is 1.77 bits per heavy atom. The third kappa shape index (κ3) is 3.07. The molecule has 2 N–H and O–H groups in total. The molecule has 4 aromatic rings. The molecule has 0 bridgehead atoms. The second-order valence-electron chi connectivity index (χ2n) is 7.84. The van der Waals surface area contributed by atoms with E-state index >= 15 is 0 Å². The van der Waals surface area contributed by atoms with Crippen molar-refractivity contribution in [3.63, 3.8) is 0 Å². The van der Waals surface area contributed by atoms with E-state index in [1.165, 1.54) is 0 Å². The zero-order valence-corrected chi connectivity index (χ0v) is 17.4. The van der Waals surface area contributed by atoms with Crippen LogP contribution < -0.4 is 16.2 Å². The molecule has 4 heterocycles. The second-order valence-corrected chi connectivity index (χ2v) is 7.84. The van der Waals surface area contributed by atoms with E-state index in [4.69, 9.17) is 5.73 Å². The molecule has 8 heteroatoms. The number of carbonyl (C=O) groups is 1. The van der Waals surface area contributed by atoms with Crippen LogP contribution in [-0.4, -0.2) is 31.8 Å². The monoisotopic (exact) mass is 414 g/mol. The summed E-state index contributed by atoms with van der Waals surface area (Å²) in [6, 6.07) is 9.77. The number of carbonyl (C=O) groups excluding carboxylic acids is 1. The first-order valence-corrected chi connectivity index (χ1v) is 10.1. The molecule has 1 amide bonds. The van der Waals surface area contributed by atoms with Crippen LogP contribution >= 0.6 is 0 Å². The molecule has 8 nitrogen and oxygen atoms in total. The van der Waals surface area contributed by atoms with E-state index in [-0.39, 0.29) is 11.5 Å². The van der Waals surface area contributed by atoms with E-state index in [9.17, 15) is 9.59 Å². The Hall–Kier alpha value is -3.94. The van der Waals surface area contributed by atoms with Gasteiger partial charge in [0, 0.05) is 67.2 Å². The minimum absolute atomic E-state index is 0.102. The van der Waals surface area contributed by atoms with Gasteiger partial charge in [-0.1, -0.05) is 12.1 Å². The molecular formula is C23H22N6O2. The van der Waals surface area contributed by atoms with Crippen molar-refractivity contribution >= 4 is 28.3 Å². The number of nitrogens with two attached hydrogens (primary N) is 1. The summed E-state index contributed by atoms with van der Waals surface area (Å²) in [5.41, 5.74) is 10.9. The third-order valence-corrected chi connectivity index (χ3v) is 5.87. The molecule has 0 unspecified atom stereocenters. The van der Waals surface area contributed by atoms with Gasteiger partial charge in [0.15, 0.2) is 0 Å². The van der Waals surface area contributed by atoms with Gasteiger partial charge in [-0.2, -0.15) is 5.10 Å². The highest BCUT2D eigenvalue weighted by atomic mass is 16.2. The first-order chi connectivity index (χ1) is 14.9. The number of amides is 1. The number of aryl methyl sites for hydroxylation is 2. The van der Waals surface area contributed by atoms with Gasteiger partial charge < -0.3 is 15.2 Å². The lowest BCUT2D eigenvalue weighted by molar-refractivity contribution is -0.117. The zero-order valence-electron chi connectivity index (χ0n) is 17.4. The number of hydrogen-bond donors (Lipinski definition) is 1. The van der Waals surface area contributed by atoms with Crippen LogP contribution in [-0.2, 0) is 18.9 Å². The van der Waals surface area contributed by atoms with Crippen LogP contribution in [0.4, 0.5) is 11.5 Å². The first-order valence-electron chi connectivity index (χ1n) is 10.1. The Morgan fingerprint density at radius 1 is 1.00 bits per heavy atom. The van der Waals surface area contributed by atoms with Crippen molar-refractivity contribution in [3.8, 4) is 22.3 Å². The van der Waals surface area contributed by atoms with Crippen molar-refractivity contribution in [2.75, 3.05) is 17.2 Å². The van der Waals surface area contributed by atoms with Gasteiger partial charge in [-0.15, -0.1) is 0 Å². The van der Waals surface area contributed by atoms with E-state index in [0.717, 1.165) is 46.3 Å². The molecular weight excluding hydrogens is 392 g/mol. The number of nitrogen functional groups attached to an aromatic ring is 1. The van der Waals surface area contributed by atoms with Gasteiger partial charge >= 0.3 is 0 Å². The summed E-state index contributed by atoms with van der Waals surface area (Å²) >= 11 is 0. The van der Waals surface area contributed by atoms with Gasteiger partial charge in [-0.05, 0) is 30.2 Å². The summed E-state index contributed by atoms with van der Waals surface area (Å²) in [7, 11) is 3.48. The predicted octanol–water partition coefficient (Wildman–Crippen LogP) is 2.71. The number of pyridine rings is 2. The Bertz CT molecular complexity index is 1380. The summed E-state index contributed by atoms with van der Waals surface area (Å²) in [6.07, 6.45) is 6.70. The number of hydrogen-bond acceptors (Lipinski definition) is 5. The lowest BCUT2D eigenvalue weighted by Gasteiger charge is -2.16. The minimum Gasteiger partial charge on any atom is -0.383 e. The molecule has 1 aliphatic heterocycles. The Morgan fingerprint density at radius 3 is 2.48 bits per heavy atom. The first kappa shape index (κ1) is 19.0. The van der Waals surface area contributed by atoms with Crippen LogP contribution in [0.3, 0.4) is 0 Å². The van der Waals surface area contributed by atoms with Gasteiger partial charge in [0.1, 0.15) is 11.3 Å². The van der Waals surface area contributed by atoms with Crippen molar-refractivity contribution in [1.82, 2.24) is 19.3 Å². The van der Waals surface area contributed by atoms with Crippen LogP contribution in [0.5, 0.6) is 0 Å². The van der Waals surface area contributed by atoms with Crippen LogP contribution in [0.15, 0.2) is 53.7 Å². The van der Waals surface area contributed by atoms with Gasteiger partial charge in [0.2, 0.25) is 5.91 Å². The van der Waals surface area contributed by atoms with Crippen LogP contribution in [0.25, 0.3) is 33.2 Å². The molecule has 0 spiro atoms. The number of aromatic nitrogens is 4. The Balaban J connectivity index is 1.60. The van der Waals surface area contributed by atoms with Gasteiger partial charge in [0.05, 0.1) is 6.20 Å². The fraction of sp³-hybridized carbons (Fsp3) is 0.217. The van der Waals surface area contributed by atoms with Crippen molar-refractivity contribution in [2.45, 2.75) is 12.8 Å². The number of rotatable bonds is 3. The molecule has 1 saturated heterocycles. The van der Waals surface area contributed by atoms with Crippen LogP contribution in [0.1, 0.15) is 12.8 Å². The van der Waals surface area contributed by atoms with E-state index in [0.29, 0.717) is 17.8 Å². The molecule has 0 atom stereocenters. The summed E-state index contributed by atoms with van der Waals surface area (Å²) in [5, 5.41) is 5.03. The maximum Gasteiger partial charge on any atom is 0.276 e. The number of anilines is 2. The van der Waals surface area contributed by atoms with Gasteiger partial charge in [0.25, 0.3) is 5.56 Å². The normalized spacial score (nSPS) is 14.0. The van der Waals surface area contributed by atoms with Gasteiger partial charge in [-0.3, -0.25) is 14.3 Å². The number of benzene rings is 1.